The van der Waals surface area contributed by atoms with Crippen LogP contribution in [-0.2, 0) is 4.74 Å². The Morgan fingerprint density at radius 2 is 2.24 bits per heavy atom. The summed E-state index contributed by atoms with van der Waals surface area (Å²) in [5.41, 5.74) is -0.180. The van der Waals surface area contributed by atoms with Gasteiger partial charge in [-0.15, -0.1) is 0 Å². The number of nitrogens with zero attached hydrogens (tertiary/aromatic N) is 1. The molecule has 1 N–H and O–H groups in total. The standard InChI is InChI=1S/C12H13FN2O2/c13-9-3-1-2-4-10(9)15-8-12(17-11(15)16)5-6-14-7-12/h1-4,14H,5-8H2. The summed E-state index contributed by atoms with van der Waals surface area (Å²) in [4.78, 5) is 13.2. The number of ether oxygens (including phenoxy) is 1. The number of rotatable bonds is 1. The summed E-state index contributed by atoms with van der Waals surface area (Å²) in [7, 11) is 0. The number of hydrogen-bond acceptors (Lipinski definition) is 3. The molecule has 1 atom stereocenters. The number of benzene rings is 1. The van der Waals surface area contributed by atoms with Crippen LogP contribution in [-0.4, -0.2) is 31.3 Å². The second-order valence-electron chi connectivity index (χ2n) is 4.52. The quantitative estimate of drug-likeness (QED) is 0.803. The van der Waals surface area contributed by atoms with E-state index in [9.17, 15) is 9.18 Å². The van der Waals surface area contributed by atoms with Crippen LogP contribution in [0.25, 0.3) is 0 Å². The van der Waals surface area contributed by atoms with Gasteiger partial charge in [0.1, 0.15) is 11.4 Å². The molecule has 90 valence electrons. The number of carbonyl (C=O) groups excluding carboxylic acids is 1. The first kappa shape index (κ1) is 10.5. The zero-order chi connectivity index (χ0) is 11.9. The van der Waals surface area contributed by atoms with Crippen LogP contribution in [0.2, 0.25) is 0 Å². The van der Waals surface area contributed by atoms with Crippen molar-refractivity contribution in [2.24, 2.45) is 0 Å². The lowest BCUT2D eigenvalue weighted by Gasteiger charge is -2.19. The van der Waals surface area contributed by atoms with Crippen LogP contribution >= 0.6 is 0 Å². The molecule has 0 radical (unpaired) electrons. The average Bonchev–Trinajstić information content (AvgIpc) is 2.88. The molecule has 4 nitrogen and oxygen atoms in total. The summed E-state index contributed by atoms with van der Waals surface area (Å²) in [6.07, 6.45) is 0.322. The highest BCUT2D eigenvalue weighted by atomic mass is 19.1. The summed E-state index contributed by atoms with van der Waals surface area (Å²) in [6, 6.07) is 6.26. The van der Waals surface area contributed by atoms with Crippen LogP contribution < -0.4 is 10.2 Å². The lowest BCUT2D eigenvalue weighted by Crippen LogP contribution is -2.36. The van der Waals surface area contributed by atoms with Crippen molar-refractivity contribution >= 4 is 11.8 Å². The van der Waals surface area contributed by atoms with Crippen LogP contribution in [0.15, 0.2) is 24.3 Å². The van der Waals surface area contributed by atoms with Crippen LogP contribution in [0, 0.1) is 5.82 Å². The van der Waals surface area contributed by atoms with Crippen LogP contribution in [0.4, 0.5) is 14.9 Å². The normalized spacial score (nSPS) is 27.8. The largest absolute Gasteiger partial charge is 0.439 e. The van der Waals surface area contributed by atoms with Crippen molar-refractivity contribution in [2.45, 2.75) is 12.0 Å². The number of para-hydroxylation sites is 1. The van der Waals surface area contributed by atoms with Crippen molar-refractivity contribution in [3.05, 3.63) is 30.1 Å². The van der Waals surface area contributed by atoms with E-state index in [0.717, 1.165) is 13.0 Å². The Hall–Kier alpha value is -1.62. The average molecular weight is 236 g/mol. The Morgan fingerprint density at radius 3 is 2.94 bits per heavy atom. The van der Waals surface area contributed by atoms with Gasteiger partial charge in [-0.2, -0.15) is 0 Å². The molecule has 2 saturated heterocycles. The van der Waals surface area contributed by atoms with E-state index in [-0.39, 0.29) is 0 Å². The molecule has 1 spiro atoms. The van der Waals surface area contributed by atoms with Crippen molar-refractivity contribution in [2.75, 3.05) is 24.5 Å². The van der Waals surface area contributed by atoms with Gasteiger partial charge in [0.2, 0.25) is 0 Å². The highest BCUT2D eigenvalue weighted by Gasteiger charge is 2.48. The lowest BCUT2D eigenvalue weighted by atomic mass is 10.0. The summed E-state index contributed by atoms with van der Waals surface area (Å²) < 4.78 is 19.0. The third-order valence-electron chi connectivity index (χ3n) is 3.32. The van der Waals surface area contributed by atoms with Gasteiger partial charge in [0, 0.05) is 13.0 Å². The number of amides is 1. The lowest BCUT2D eigenvalue weighted by molar-refractivity contribution is 0.0733. The maximum Gasteiger partial charge on any atom is 0.415 e. The minimum Gasteiger partial charge on any atom is -0.439 e. The Labute approximate surface area is 98.4 Å². The molecule has 2 aliphatic heterocycles. The molecule has 2 heterocycles. The number of hydrogen-bond donors (Lipinski definition) is 1. The number of anilines is 1. The van der Waals surface area contributed by atoms with E-state index in [0.29, 0.717) is 18.8 Å². The minimum atomic E-state index is -0.473. The fourth-order valence-electron chi connectivity index (χ4n) is 2.42. The van der Waals surface area contributed by atoms with Crippen molar-refractivity contribution in [1.82, 2.24) is 5.32 Å². The van der Waals surface area contributed by atoms with E-state index in [1.807, 2.05) is 0 Å². The van der Waals surface area contributed by atoms with Crippen molar-refractivity contribution in [3.63, 3.8) is 0 Å². The second-order valence-corrected chi connectivity index (χ2v) is 4.52. The first-order valence-corrected chi connectivity index (χ1v) is 5.66. The molecule has 0 bridgehead atoms. The molecule has 1 unspecified atom stereocenters. The van der Waals surface area contributed by atoms with Gasteiger partial charge in [-0.25, -0.2) is 9.18 Å². The summed E-state index contributed by atoms with van der Waals surface area (Å²) in [5.74, 6) is -0.396. The highest BCUT2D eigenvalue weighted by molar-refractivity contribution is 5.90. The van der Waals surface area contributed by atoms with E-state index in [1.165, 1.54) is 11.0 Å². The van der Waals surface area contributed by atoms with E-state index < -0.39 is 17.5 Å². The molecule has 0 aliphatic carbocycles. The van der Waals surface area contributed by atoms with Crippen molar-refractivity contribution in [3.8, 4) is 0 Å². The van der Waals surface area contributed by atoms with Gasteiger partial charge in [0.25, 0.3) is 0 Å². The molecule has 1 aromatic carbocycles. The molecule has 5 heteroatoms. The molecule has 1 amide bonds. The van der Waals surface area contributed by atoms with Gasteiger partial charge >= 0.3 is 6.09 Å². The number of halogens is 1. The van der Waals surface area contributed by atoms with Crippen molar-refractivity contribution < 1.29 is 13.9 Å². The SMILES string of the molecule is O=C1OC2(CCNC2)CN1c1ccccc1F. The third kappa shape index (κ3) is 1.67. The predicted octanol–water partition coefficient (Wildman–Crippen LogP) is 1.51. The highest BCUT2D eigenvalue weighted by Crippen LogP contribution is 2.33. The summed E-state index contributed by atoms with van der Waals surface area (Å²) in [5, 5.41) is 3.16. The summed E-state index contributed by atoms with van der Waals surface area (Å²) >= 11 is 0. The van der Waals surface area contributed by atoms with Gasteiger partial charge in [-0.3, -0.25) is 4.90 Å². The van der Waals surface area contributed by atoms with Gasteiger partial charge in [0.05, 0.1) is 12.2 Å². The molecule has 0 aromatic heterocycles. The maximum absolute atomic E-state index is 13.6. The maximum atomic E-state index is 13.6. The molecule has 1 aromatic rings. The van der Waals surface area contributed by atoms with Crippen molar-refractivity contribution in [1.29, 1.82) is 0 Å². The summed E-state index contributed by atoms with van der Waals surface area (Å²) in [6.45, 7) is 1.89. The first-order valence-electron chi connectivity index (χ1n) is 5.66. The third-order valence-corrected chi connectivity index (χ3v) is 3.32. The fraction of sp³-hybridized carbons (Fsp3) is 0.417. The van der Waals surface area contributed by atoms with E-state index in [2.05, 4.69) is 5.32 Å². The molecular weight excluding hydrogens is 223 g/mol. The van der Waals surface area contributed by atoms with Gasteiger partial charge < -0.3 is 10.1 Å². The van der Waals surface area contributed by atoms with E-state index in [4.69, 9.17) is 4.74 Å². The van der Waals surface area contributed by atoms with Gasteiger partial charge in [0.15, 0.2) is 0 Å². The van der Waals surface area contributed by atoms with E-state index >= 15 is 0 Å². The van der Waals surface area contributed by atoms with Gasteiger partial charge in [-0.1, -0.05) is 12.1 Å². The Kier molecular flexibility index (Phi) is 2.29. The fourth-order valence-corrected chi connectivity index (χ4v) is 2.42. The minimum absolute atomic E-state index is 0.293. The van der Waals surface area contributed by atoms with Crippen LogP contribution in [0.5, 0.6) is 0 Å². The number of carbonyl (C=O) groups is 1. The second kappa shape index (κ2) is 3.70. The zero-order valence-corrected chi connectivity index (χ0v) is 9.28. The molecule has 0 saturated carbocycles. The van der Waals surface area contributed by atoms with Gasteiger partial charge in [-0.05, 0) is 18.7 Å². The first-order chi connectivity index (χ1) is 8.20. The monoisotopic (exact) mass is 236 g/mol. The molecule has 17 heavy (non-hydrogen) atoms. The predicted molar refractivity (Wildman–Crippen MR) is 60.4 cm³/mol. The van der Waals surface area contributed by atoms with E-state index in [1.54, 1.807) is 18.2 Å². The molecule has 2 aliphatic rings. The Bertz CT molecular complexity index is 458. The Morgan fingerprint density at radius 1 is 1.41 bits per heavy atom. The Balaban J connectivity index is 1.90. The molecular formula is C12H13FN2O2. The molecule has 2 fully saturated rings. The topological polar surface area (TPSA) is 41.6 Å². The van der Waals surface area contributed by atoms with Crippen LogP contribution in [0.3, 0.4) is 0 Å². The zero-order valence-electron chi connectivity index (χ0n) is 9.28. The van der Waals surface area contributed by atoms with Crippen LogP contribution in [0.1, 0.15) is 6.42 Å². The smallest absolute Gasteiger partial charge is 0.415 e. The number of nitrogens with one attached hydrogen (secondary N) is 1. The molecule has 3 rings (SSSR count).